The lowest BCUT2D eigenvalue weighted by Gasteiger charge is -2.33. The Bertz CT molecular complexity index is 594. The van der Waals surface area contributed by atoms with Crippen molar-refractivity contribution in [1.29, 1.82) is 0 Å². The zero-order valence-electron chi connectivity index (χ0n) is 12.1. The van der Waals surface area contributed by atoms with E-state index in [0.29, 0.717) is 12.2 Å². The molecule has 2 aromatic rings. The topological polar surface area (TPSA) is 45.2 Å². The van der Waals surface area contributed by atoms with Gasteiger partial charge in [0, 0.05) is 31.1 Å². The maximum Gasteiger partial charge on any atom is 0.273 e. The molecule has 0 saturated carbocycles. The van der Waals surface area contributed by atoms with E-state index in [1.54, 1.807) is 5.51 Å². The van der Waals surface area contributed by atoms with Crippen molar-refractivity contribution >= 4 is 17.2 Å². The Morgan fingerprint density at radius 2 is 2.24 bits per heavy atom. The molecule has 1 saturated heterocycles. The first-order valence-corrected chi connectivity index (χ1v) is 8.22. The van der Waals surface area contributed by atoms with Crippen LogP contribution in [0.3, 0.4) is 0 Å². The van der Waals surface area contributed by atoms with Gasteiger partial charge in [0.25, 0.3) is 5.91 Å². The van der Waals surface area contributed by atoms with E-state index in [0.717, 1.165) is 19.5 Å². The number of hydrogen-bond donors (Lipinski definition) is 1. The Morgan fingerprint density at radius 1 is 1.43 bits per heavy atom. The number of benzene rings is 1. The van der Waals surface area contributed by atoms with Crippen molar-refractivity contribution in [1.82, 2.24) is 15.2 Å². The molecular weight excluding hydrogens is 282 g/mol. The zero-order valence-corrected chi connectivity index (χ0v) is 12.9. The summed E-state index contributed by atoms with van der Waals surface area (Å²) in [7, 11) is 0. The lowest BCUT2D eigenvalue weighted by Crippen LogP contribution is -2.48. The molecule has 0 aliphatic carbocycles. The van der Waals surface area contributed by atoms with Gasteiger partial charge in [-0.2, -0.15) is 0 Å². The number of rotatable bonds is 3. The Labute approximate surface area is 128 Å². The number of nitrogens with zero attached hydrogens (tertiary/aromatic N) is 2. The van der Waals surface area contributed by atoms with Crippen molar-refractivity contribution in [2.75, 3.05) is 19.6 Å². The van der Waals surface area contributed by atoms with E-state index in [4.69, 9.17) is 0 Å². The average Bonchev–Trinajstić information content (AvgIpc) is 3.09. The molecule has 1 fully saturated rings. The van der Waals surface area contributed by atoms with Gasteiger partial charge in [0.1, 0.15) is 5.69 Å². The number of amides is 1. The highest BCUT2D eigenvalue weighted by Gasteiger charge is 2.25. The third-order valence-electron chi connectivity index (χ3n) is 3.90. The van der Waals surface area contributed by atoms with Crippen LogP contribution < -0.4 is 5.32 Å². The van der Waals surface area contributed by atoms with Gasteiger partial charge in [-0.3, -0.25) is 4.79 Å². The summed E-state index contributed by atoms with van der Waals surface area (Å²) in [6, 6.07) is 8.85. The van der Waals surface area contributed by atoms with Gasteiger partial charge < -0.3 is 10.2 Å². The quantitative estimate of drug-likeness (QED) is 0.947. The van der Waals surface area contributed by atoms with Crippen molar-refractivity contribution in [3.8, 4) is 0 Å². The molecule has 0 radical (unpaired) electrons. The van der Waals surface area contributed by atoms with E-state index in [9.17, 15) is 4.79 Å². The number of aromatic nitrogens is 1. The monoisotopic (exact) mass is 301 g/mol. The van der Waals surface area contributed by atoms with Crippen LogP contribution in [0.25, 0.3) is 0 Å². The van der Waals surface area contributed by atoms with Crippen LogP contribution in [0.5, 0.6) is 0 Å². The molecule has 4 nitrogen and oxygen atoms in total. The first-order chi connectivity index (χ1) is 10.3. The molecule has 1 aromatic heterocycles. The van der Waals surface area contributed by atoms with Crippen LogP contribution in [0.15, 0.2) is 35.2 Å². The van der Waals surface area contributed by atoms with Crippen LogP contribution in [0.4, 0.5) is 0 Å². The minimum absolute atomic E-state index is 0.0351. The largest absolute Gasteiger partial charge is 0.334 e. The van der Waals surface area contributed by atoms with Crippen molar-refractivity contribution < 1.29 is 4.79 Å². The summed E-state index contributed by atoms with van der Waals surface area (Å²) < 4.78 is 0. The molecule has 0 unspecified atom stereocenters. The standard InChI is InChI=1S/C16H19N3OS/c1-2-12-3-5-13(6-4-12)14-9-19(8-7-17-14)16(20)15-10-21-11-18-15/h3-6,10-11,14,17H,2,7-9H2,1H3/t14-/m1/s1. The van der Waals surface area contributed by atoms with Crippen LogP contribution in [0, 0.1) is 0 Å². The van der Waals surface area contributed by atoms with Crippen molar-refractivity contribution in [2.24, 2.45) is 0 Å². The van der Waals surface area contributed by atoms with Crippen LogP contribution in [0.2, 0.25) is 0 Å². The second-order valence-corrected chi connectivity index (χ2v) is 5.95. The molecule has 1 atom stereocenters. The number of piperazine rings is 1. The van der Waals surface area contributed by atoms with E-state index < -0.39 is 0 Å². The maximum atomic E-state index is 12.4. The van der Waals surface area contributed by atoms with Gasteiger partial charge in [-0.25, -0.2) is 4.98 Å². The molecule has 1 amide bonds. The number of thiazole rings is 1. The molecule has 110 valence electrons. The fourth-order valence-electron chi connectivity index (χ4n) is 2.62. The SMILES string of the molecule is CCc1ccc([C@H]2CN(C(=O)c3cscn3)CCN2)cc1. The average molecular weight is 301 g/mol. The van der Waals surface area contributed by atoms with Crippen LogP contribution in [-0.2, 0) is 6.42 Å². The fraction of sp³-hybridized carbons (Fsp3) is 0.375. The summed E-state index contributed by atoms with van der Waals surface area (Å²) in [5, 5.41) is 5.31. The second-order valence-electron chi connectivity index (χ2n) is 5.23. The molecule has 3 rings (SSSR count). The predicted molar refractivity (Wildman–Crippen MR) is 84.6 cm³/mol. The Morgan fingerprint density at radius 3 is 2.90 bits per heavy atom. The fourth-order valence-corrected chi connectivity index (χ4v) is 3.15. The second kappa shape index (κ2) is 6.37. The highest BCUT2D eigenvalue weighted by molar-refractivity contribution is 7.07. The van der Waals surface area contributed by atoms with Crippen LogP contribution in [0.1, 0.15) is 34.6 Å². The van der Waals surface area contributed by atoms with Gasteiger partial charge in [0.05, 0.1) is 5.51 Å². The molecule has 2 heterocycles. The summed E-state index contributed by atoms with van der Waals surface area (Å²) in [4.78, 5) is 18.4. The lowest BCUT2D eigenvalue weighted by atomic mass is 10.0. The van der Waals surface area contributed by atoms with Gasteiger partial charge >= 0.3 is 0 Å². The summed E-state index contributed by atoms with van der Waals surface area (Å²) in [6.45, 7) is 4.40. The van der Waals surface area contributed by atoms with Crippen LogP contribution >= 0.6 is 11.3 Å². The zero-order chi connectivity index (χ0) is 14.7. The Balaban J connectivity index is 1.71. The van der Waals surface area contributed by atoms with Gasteiger partial charge in [0.2, 0.25) is 0 Å². The molecule has 0 spiro atoms. The van der Waals surface area contributed by atoms with Gasteiger partial charge in [0.15, 0.2) is 0 Å². The van der Waals surface area contributed by atoms with E-state index in [1.807, 2.05) is 10.3 Å². The highest BCUT2D eigenvalue weighted by atomic mass is 32.1. The first kappa shape index (κ1) is 14.2. The molecule has 5 heteroatoms. The number of aryl methyl sites for hydroxylation is 1. The number of nitrogens with one attached hydrogen (secondary N) is 1. The third-order valence-corrected chi connectivity index (χ3v) is 4.49. The minimum atomic E-state index is 0.0351. The molecule has 21 heavy (non-hydrogen) atoms. The van der Waals surface area contributed by atoms with E-state index in [2.05, 4.69) is 41.5 Å². The smallest absolute Gasteiger partial charge is 0.273 e. The Kier molecular flexibility index (Phi) is 4.31. The third kappa shape index (κ3) is 3.14. The molecular formula is C16H19N3OS. The number of carbonyl (C=O) groups is 1. The van der Waals surface area contributed by atoms with Crippen LogP contribution in [-0.4, -0.2) is 35.4 Å². The van der Waals surface area contributed by atoms with Gasteiger partial charge in [-0.1, -0.05) is 31.2 Å². The predicted octanol–water partition coefficient (Wildman–Crippen LogP) is 2.49. The number of carbonyl (C=O) groups excluding carboxylic acids is 1. The summed E-state index contributed by atoms with van der Waals surface area (Å²) in [5.74, 6) is 0.0351. The van der Waals surface area contributed by atoms with Gasteiger partial charge in [-0.05, 0) is 17.5 Å². The highest BCUT2D eigenvalue weighted by Crippen LogP contribution is 2.19. The molecule has 1 aromatic carbocycles. The Hall–Kier alpha value is -1.72. The number of hydrogen-bond acceptors (Lipinski definition) is 4. The van der Waals surface area contributed by atoms with E-state index in [-0.39, 0.29) is 11.9 Å². The first-order valence-electron chi connectivity index (χ1n) is 7.27. The lowest BCUT2D eigenvalue weighted by molar-refractivity contribution is 0.0698. The van der Waals surface area contributed by atoms with Crippen molar-refractivity contribution in [2.45, 2.75) is 19.4 Å². The van der Waals surface area contributed by atoms with E-state index in [1.165, 1.54) is 22.5 Å². The molecule has 0 bridgehead atoms. The summed E-state index contributed by atoms with van der Waals surface area (Å²) in [5.41, 5.74) is 4.84. The summed E-state index contributed by atoms with van der Waals surface area (Å²) >= 11 is 1.46. The summed E-state index contributed by atoms with van der Waals surface area (Å²) in [6.07, 6.45) is 1.05. The van der Waals surface area contributed by atoms with Crippen molar-refractivity contribution in [3.05, 3.63) is 52.0 Å². The van der Waals surface area contributed by atoms with Crippen molar-refractivity contribution in [3.63, 3.8) is 0 Å². The minimum Gasteiger partial charge on any atom is -0.334 e. The maximum absolute atomic E-state index is 12.4. The molecule has 1 aliphatic rings. The van der Waals surface area contributed by atoms with Gasteiger partial charge in [-0.15, -0.1) is 11.3 Å². The molecule has 1 aliphatic heterocycles. The normalized spacial score (nSPS) is 18.7. The van der Waals surface area contributed by atoms with E-state index >= 15 is 0 Å². The molecule has 1 N–H and O–H groups in total.